The maximum Gasteiger partial charge on any atom is 0.308 e. The summed E-state index contributed by atoms with van der Waals surface area (Å²) in [5.41, 5.74) is 0.812. The van der Waals surface area contributed by atoms with Crippen LogP contribution in [0.1, 0.15) is 19.3 Å². The molecule has 1 aromatic rings. The maximum absolute atomic E-state index is 11.7. The van der Waals surface area contributed by atoms with Gasteiger partial charge in [0, 0.05) is 24.7 Å². The Hall–Kier alpha value is -1.88. The van der Waals surface area contributed by atoms with Crippen molar-refractivity contribution in [2.75, 3.05) is 19.0 Å². The Morgan fingerprint density at radius 2 is 1.95 bits per heavy atom. The highest BCUT2D eigenvalue weighted by molar-refractivity contribution is 5.90. The van der Waals surface area contributed by atoms with Crippen LogP contribution >= 0.6 is 0 Å². The van der Waals surface area contributed by atoms with Crippen molar-refractivity contribution in [1.82, 2.24) is 5.32 Å². The fourth-order valence-corrected chi connectivity index (χ4v) is 2.28. The zero-order valence-corrected chi connectivity index (χ0v) is 11.6. The molecule has 0 aliphatic heterocycles. The molecule has 20 heavy (non-hydrogen) atoms. The Morgan fingerprint density at radius 1 is 1.25 bits per heavy atom. The summed E-state index contributed by atoms with van der Waals surface area (Å²) in [5.74, 6) is -0.118. The molecule has 0 unspecified atom stereocenters. The average molecular weight is 276 g/mol. The van der Waals surface area contributed by atoms with Gasteiger partial charge in [-0.25, -0.2) is 0 Å². The van der Waals surface area contributed by atoms with Crippen LogP contribution in [0.15, 0.2) is 30.3 Å². The number of methoxy groups -OCH3 is 1. The van der Waals surface area contributed by atoms with Gasteiger partial charge in [0.05, 0.1) is 13.0 Å². The van der Waals surface area contributed by atoms with E-state index in [1.54, 1.807) is 0 Å². The number of nitrogens with one attached hydrogen (secondary N) is 2. The predicted molar refractivity (Wildman–Crippen MR) is 76.2 cm³/mol. The molecule has 0 aromatic heterocycles. The fraction of sp³-hybridized carbons (Fsp3) is 0.467. The largest absolute Gasteiger partial charge is 0.469 e. The first-order valence-electron chi connectivity index (χ1n) is 6.85. The second-order valence-electron chi connectivity index (χ2n) is 5.01. The lowest BCUT2D eigenvalue weighted by molar-refractivity contribution is -0.149. The molecule has 0 radical (unpaired) electrons. The van der Waals surface area contributed by atoms with Gasteiger partial charge in [-0.1, -0.05) is 18.2 Å². The second-order valence-corrected chi connectivity index (χ2v) is 5.01. The maximum atomic E-state index is 11.7. The summed E-state index contributed by atoms with van der Waals surface area (Å²) in [6.45, 7) is 0.622. The molecule has 1 amide bonds. The molecule has 0 bridgehead atoms. The van der Waals surface area contributed by atoms with E-state index in [-0.39, 0.29) is 17.8 Å². The monoisotopic (exact) mass is 276 g/mol. The Morgan fingerprint density at radius 3 is 2.60 bits per heavy atom. The zero-order valence-electron chi connectivity index (χ0n) is 11.6. The molecule has 5 nitrogen and oxygen atoms in total. The molecule has 108 valence electrons. The van der Waals surface area contributed by atoms with Crippen LogP contribution in [0.2, 0.25) is 0 Å². The summed E-state index contributed by atoms with van der Waals surface area (Å²) in [6, 6.07) is 9.72. The minimum absolute atomic E-state index is 0.00691. The van der Waals surface area contributed by atoms with Crippen LogP contribution < -0.4 is 10.6 Å². The predicted octanol–water partition coefficient (Wildman–Crippen LogP) is 1.56. The van der Waals surface area contributed by atoms with Crippen molar-refractivity contribution >= 4 is 17.6 Å². The summed E-state index contributed by atoms with van der Waals surface area (Å²) in [4.78, 5) is 22.9. The minimum atomic E-state index is -0.134. The molecule has 0 spiro atoms. The molecule has 1 aliphatic carbocycles. The Balaban J connectivity index is 1.58. The standard InChI is InChI=1S/C15H20N2O3/c1-20-15(19)11-9-13(10-11)16-8-7-14(18)17-12-5-3-2-4-6-12/h2-6,11,13,16H,7-10H2,1H3,(H,17,18)/t11-,13-. The Kier molecular flexibility index (Phi) is 5.12. The van der Waals surface area contributed by atoms with Gasteiger partial charge >= 0.3 is 5.97 Å². The third-order valence-corrected chi connectivity index (χ3v) is 3.52. The average Bonchev–Trinajstić information content (AvgIpc) is 2.41. The number of carbonyl (C=O) groups is 2. The molecule has 0 heterocycles. The summed E-state index contributed by atoms with van der Waals surface area (Å²) in [6.07, 6.45) is 2.02. The van der Waals surface area contributed by atoms with Gasteiger partial charge in [-0.3, -0.25) is 9.59 Å². The van der Waals surface area contributed by atoms with E-state index < -0.39 is 0 Å². The third-order valence-electron chi connectivity index (χ3n) is 3.52. The number of ether oxygens (including phenoxy) is 1. The van der Waals surface area contributed by atoms with Crippen LogP contribution in [0, 0.1) is 5.92 Å². The molecular formula is C15H20N2O3. The van der Waals surface area contributed by atoms with Crippen LogP contribution in [0.4, 0.5) is 5.69 Å². The molecule has 0 saturated heterocycles. The third kappa shape index (κ3) is 4.06. The van der Waals surface area contributed by atoms with Crippen molar-refractivity contribution < 1.29 is 14.3 Å². The van der Waals surface area contributed by atoms with Crippen molar-refractivity contribution in [1.29, 1.82) is 0 Å². The number of anilines is 1. The van der Waals surface area contributed by atoms with Crippen molar-refractivity contribution in [3.8, 4) is 0 Å². The molecular weight excluding hydrogens is 256 g/mol. The molecule has 1 fully saturated rings. The summed E-state index contributed by atoms with van der Waals surface area (Å²) >= 11 is 0. The van der Waals surface area contributed by atoms with Crippen LogP contribution in [-0.4, -0.2) is 31.6 Å². The molecule has 5 heteroatoms. The van der Waals surface area contributed by atoms with E-state index in [0.29, 0.717) is 19.0 Å². The Labute approximate surface area is 118 Å². The SMILES string of the molecule is COC(=O)[C@H]1C[C@H](NCCC(=O)Nc2ccccc2)C1. The van der Waals surface area contributed by atoms with E-state index in [4.69, 9.17) is 0 Å². The van der Waals surface area contributed by atoms with Crippen LogP contribution in [-0.2, 0) is 14.3 Å². The first kappa shape index (κ1) is 14.5. The van der Waals surface area contributed by atoms with Gasteiger partial charge in [-0.2, -0.15) is 0 Å². The lowest BCUT2D eigenvalue weighted by Crippen LogP contribution is -2.45. The van der Waals surface area contributed by atoms with Gasteiger partial charge in [-0.15, -0.1) is 0 Å². The van der Waals surface area contributed by atoms with Crippen LogP contribution in [0.25, 0.3) is 0 Å². The molecule has 1 aromatic carbocycles. The van der Waals surface area contributed by atoms with E-state index in [1.807, 2.05) is 30.3 Å². The number of hydrogen-bond donors (Lipinski definition) is 2. The number of rotatable bonds is 6. The number of para-hydroxylation sites is 1. The van der Waals surface area contributed by atoms with Gasteiger partial charge in [-0.05, 0) is 25.0 Å². The molecule has 1 saturated carbocycles. The number of carbonyl (C=O) groups excluding carboxylic acids is 2. The molecule has 2 rings (SSSR count). The van der Waals surface area contributed by atoms with Crippen LogP contribution in [0.3, 0.4) is 0 Å². The van der Waals surface area contributed by atoms with Gasteiger partial charge in [0.15, 0.2) is 0 Å². The van der Waals surface area contributed by atoms with Crippen molar-refractivity contribution in [3.05, 3.63) is 30.3 Å². The van der Waals surface area contributed by atoms with E-state index in [1.165, 1.54) is 7.11 Å². The summed E-state index contributed by atoms with van der Waals surface area (Å²) in [7, 11) is 1.41. The van der Waals surface area contributed by atoms with Gasteiger partial charge in [0.25, 0.3) is 0 Å². The smallest absolute Gasteiger partial charge is 0.308 e. The highest BCUT2D eigenvalue weighted by Crippen LogP contribution is 2.28. The van der Waals surface area contributed by atoms with Gasteiger partial charge in [0.1, 0.15) is 0 Å². The number of hydrogen-bond acceptors (Lipinski definition) is 4. The van der Waals surface area contributed by atoms with E-state index in [9.17, 15) is 9.59 Å². The number of amides is 1. The van der Waals surface area contributed by atoms with Crippen molar-refractivity contribution in [3.63, 3.8) is 0 Å². The van der Waals surface area contributed by atoms with Crippen molar-refractivity contribution in [2.24, 2.45) is 5.92 Å². The molecule has 0 atom stereocenters. The number of benzene rings is 1. The normalized spacial score (nSPS) is 20.9. The lowest BCUT2D eigenvalue weighted by Gasteiger charge is -2.33. The van der Waals surface area contributed by atoms with Crippen LogP contribution in [0.5, 0.6) is 0 Å². The first-order valence-corrected chi connectivity index (χ1v) is 6.85. The molecule has 1 aliphatic rings. The summed E-state index contributed by atoms with van der Waals surface area (Å²) in [5, 5.41) is 6.11. The van der Waals surface area contributed by atoms with Crippen molar-refractivity contribution in [2.45, 2.75) is 25.3 Å². The zero-order chi connectivity index (χ0) is 14.4. The summed E-state index contributed by atoms with van der Waals surface area (Å²) < 4.78 is 4.68. The first-order chi connectivity index (χ1) is 9.69. The second kappa shape index (κ2) is 7.05. The van der Waals surface area contributed by atoms with E-state index in [2.05, 4.69) is 15.4 Å². The lowest BCUT2D eigenvalue weighted by atomic mass is 9.80. The fourth-order valence-electron chi connectivity index (χ4n) is 2.28. The van der Waals surface area contributed by atoms with Gasteiger partial charge in [0.2, 0.25) is 5.91 Å². The van der Waals surface area contributed by atoms with E-state index >= 15 is 0 Å². The van der Waals surface area contributed by atoms with Gasteiger partial charge < -0.3 is 15.4 Å². The molecule has 2 N–H and O–H groups in total. The topological polar surface area (TPSA) is 67.4 Å². The quantitative estimate of drug-likeness (QED) is 0.774. The number of esters is 1. The highest BCUT2D eigenvalue weighted by Gasteiger charge is 2.34. The Bertz CT molecular complexity index is 455. The highest BCUT2D eigenvalue weighted by atomic mass is 16.5. The minimum Gasteiger partial charge on any atom is -0.469 e. The van der Waals surface area contributed by atoms with E-state index in [0.717, 1.165) is 18.5 Å².